The Labute approximate surface area is 151 Å². The van der Waals surface area contributed by atoms with Crippen LogP contribution in [0.15, 0.2) is 48.5 Å². The van der Waals surface area contributed by atoms with Crippen LogP contribution in [0.2, 0.25) is 0 Å². The largest absolute Gasteiger partial charge is 0.489 e. The van der Waals surface area contributed by atoms with Crippen LogP contribution in [0.4, 0.5) is 13.2 Å². The second-order valence-corrected chi connectivity index (χ2v) is 6.06. The van der Waals surface area contributed by atoms with Crippen molar-refractivity contribution in [2.75, 3.05) is 27.2 Å². The maximum Gasteiger partial charge on any atom is 0.285 e. The van der Waals surface area contributed by atoms with Crippen molar-refractivity contribution >= 4 is 5.84 Å². The highest BCUT2D eigenvalue weighted by Gasteiger charge is 2.31. The fraction of sp³-hybridized carbons (Fsp3) is 0.316. The molecule has 0 aliphatic heterocycles. The van der Waals surface area contributed by atoms with E-state index in [0.717, 1.165) is 0 Å². The molecular weight excluding hydrogens is 343 g/mol. The number of nitrogens with zero attached hydrogens (tertiary/aromatic N) is 1. The van der Waals surface area contributed by atoms with Crippen LogP contribution in [-0.2, 0) is 12.5 Å². The first-order valence-corrected chi connectivity index (χ1v) is 8.09. The van der Waals surface area contributed by atoms with E-state index in [1.807, 2.05) is 0 Å². The van der Waals surface area contributed by atoms with Gasteiger partial charge in [-0.15, -0.1) is 0 Å². The lowest BCUT2D eigenvalue weighted by Gasteiger charge is -2.20. The van der Waals surface area contributed by atoms with E-state index < -0.39 is 18.3 Å². The van der Waals surface area contributed by atoms with E-state index in [-0.39, 0.29) is 30.3 Å². The van der Waals surface area contributed by atoms with Gasteiger partial charge in [-0.25, -0.2) is 4.39 Å². The van der Waals surface area contributed by atoms with Gasteiger partial charge < -0.3 is 15.0 Å². The molecule has 0 aliphatic rings. The van der Waals surface area contributed by atoms with Crippen molar-refractivity contribution in [3.8, 4) is 5.75 Å². The van der Waals surface area contributed by atoms with Crippen molar-refractivity contribution in [2.24, 2.45) is 0 Å². The molecule has 2 rings (SSSR count). The zero-order chi connectivity index (χ0) is 19.2. The third kappa shape index (κ3) is 5.49. The molecule has 0 heterocycles. The van der Waals surface area contributed by atoms with Gasteiger partial charge in [0.05, 0.1) is 13.1 Å². The number of likely N-dealkylation sites (N-methyl/N-ethyl adjacent to an activating group) is 1. The topological polar surface area (TPSA) is 48.4 Å². The normalized spacial score (nSPS) is 11.3. The van der Waals surface area contributed by atoms with Crippen LogP contribution >= 0.6 is 0 Å². The molecule has 0 radical (unpaired) electrons. The zero-order valence-electron chi connectivity index (χ0n) is 14.7. The van der Waals surface area contributed by atoms with E-state index in [0.29, 0.717) is 5.56 Å². The number of ether oxygens (including phenoxy) is 1. The standard InChI is InChI=1S/C19H22F3N3O/c1-25(2)18(23)11-24-13-19(21,22)15-7-5-8-16(10-15)26-12-14-6-3-4-9-17(14)20/h3-10,23-24H,11-13H2,1-2H3. The molecule has 7 heteroatoms. The smallest absolute Gasteiger partial charge is 0.285 e. The minimum Gasteiger partial charge on any atom is -0.489 e. The molecule has 2 aromatic rings. The Hall–Kier alpha value is -2.54. The number of hydrogen-bond acceptors (Lipinski definition) is 3. The predicted octanol–water partition coefficient (Wildman–Crippen LogP) is 3.62. The van der Waals surface area contributed by atoms with Gasteiger partial charge >= 0.3 is 0 Å². The highest BCUT2D eigenvalue weighted by molar-refractivity contribution is 5.80. The number of rotatable bonds is 8. The van der Waals surface area contributed by atoms with Crippen molar-refractivity contribution in [1.82, 2.24) is 10.2 Å². The number of halogens is 3. The molecule has 0 fully saturated rings. The summed E-state index contributed by atoms with van der Waals surface area (Å²) < 4.78 is 47.7. The monoisotopic (exact) mass is 365 g/mol. The molecule has 0 amide bonds. The second-order valence-electron chi connectivity index (χ2n) is 6.06. The number of nitrogens with one attached hydrogen (secondary N) is 2. The van der Waals surface area contributed by atoms with Crippen LogP contribution in [0.1, 0.15) is 11.1 Å². The Morgan fingerprint density at radius 3 is 2.58 bits per heavy atom. The van der Waals surface area contributed by atoms with Crippen LogP contribution in [0, 0.1) is 11.2 Å². The molecule has 0 spiro atoms. The number of alkyl halides is 2. The lowest BCUT2D eigenvalue weighted by molar-refractivity contribution is -0.00230. The van der Waals surface area contributed by atoms with E-state index in [2.05, 4.69) is 5.32 Å². The molecule has 2 N–H and O–H groups in total. The Balaban J connectivity index is 1.98. The molecule has 0 aromatic heterocycles. The van der Waals surface area contributed by atoms with Crippen molar-refractivity contribution < 1.29 is 17.9 Å². The molecule has 2 aromatic carbocycles. The minimum absolute atomic E-state index is 0.0417. The lowest BCUT2D eigenvalue weighted by Crippen LogP contribution is -2.38. The van der Waals surface area contributed by atoms with E-state index in [1.165, 1.54) is 24.3 Å². The fourth-order valence-electron chi connectivity index (χ4n) is 2.19. The quantitative estimate of drug-likeness (QED) is 0.555. The Morgan fingerprint density at radius 1 is 1.15 bits per heavy atom. The average Bonchev–Trinajstić information content (AvgIpc) is 2.61. The van der Waals surface area contributed by atoms with Gasteiger partial charge in [0.1, 0.15) is 24.0 Å². The maximum absolute atomic E-state index is 14.4. The molecule has 0 unspecified atom stereocenters. The first-order chi connectivity index (χ1) is 12.3. The average molecular weight is 365 g/mol. The fourth-order valence-corrected chi connectivity index (χ4v) is 2.19. The second kappa shape index (κ2) is 8.71. The summed E-state index contributed by atoms with van der Waals surface area (Å²) in [7, 11) is 3.36. The van der Waals surface area contributed by atoms with Crippen molar-refractivity contribution in [3.63, 3.8) is 0 Å². The van der Waals surface area contributed by atoms with Gasteiger partial charge in [-0.1, -0.05) is 30.3 Å². The number of benzene rings is 2. The molecule has 26 heavy (non-hydrogen) atoms. The van der Waals surface area contributed by atoms with E-state index in [1.54, 1.807) is 43.3 Å². The zero-order valence-corrected chi connectivity index (χ0v) is 14.7. The van der Waals surface area contributed by atoms with Crippen LogP contribution in [0.3, 0.4) is 0 Å². The predicted molar refractivity (Wildman–Crippen MR) is 95.4 cm³/mol. The molecule has 0 bridgehead atoms. The molecule has 0 atom stereocenters. The Morgan fingerprint density at radius 2 is 1.88 bits per heavy atom. The van der Waals surface area contributed by atoms with Crippen LogP contribution in [0.25, 0.3) is 0 Å². The van der Waals surface area contributed by atoms with Gasteiger partial charge in [0.25, 0.3) is 5.92 Å². The molecule has 0 saturated heterocycles. The molecule has 4 nitrogen and oxygen atoms in total. The van der Waals surface area contributed by atoms with Gasteiger partial charge in [0.2, 0.25) is 0 Å². The molecule has 0 saturated carbocycles. The van der Waals surface area contributed by atoms with E-state index in [4.69, 9.17) is 10.1 Å². The van der Waals surface area contributed by atoms with Gasteiger partial charge in [-0.3, -0.25) is 5.41 Å². The summed E-state index contributed by atoms with van der Waals surface area (Å²) in [6.07, 6.45) is 0. The number of hydrogen-bond donors (Lipinski definition) is 2. The van der Waals surface area contributed by atoms with Gasteiger partial charge in [-0.2, -0.15) is 8.78 Å². The maximum atomic E-state index is 14.4. The summed E-state index contributed by atoms with van der Waals surface area (Å²) in [5.74, 6) is -3.07. The van der Waals surface area contributed by atoms with Gasteiger partial charge in [-0.05, 0) is 18.2 Å². The van der Waals surface area contributed by atoms with Gasteiger partial charge in [0, 0.05) is 25.2 Å². The summed E-state index contributed by atoms with van der Waals surface area (Å²) in [5, 5.41) is 10.2. The Kier molecular flexibility index (Phi) is 6.63. The van der Waals surface area contributed by atoms with Crippen LogP contribution in [0.5, 0.6) is 5.75 Å². The molecular formula is C19H22F3N3O. The Bertz CT molecular complexity index is 750. The highest BCUT2D eigenvalue weighted by atomic mass is 19.3. The summed E-state index contributed by atoms with van der Waals surface area (Å²) in [6.45, 7) is -0.591. The third-order valence-corrected chi connectivity index (χ3v) is 3.79. The van der Waals surface area contributed by atoms with Crippen molar-refractivity contribution in [1.29, 1.82) is 5.41 Å². The first-order valence-electron chi connectivity index (χ1n) is 8.09. The minimum atomic E-state index is -3.12. The van der Waals surface area contributed by atoms with E-state index >= 15 is 0 Å². The summed E-state index contributed by atoms with van der Waals surface area (Å²) in [6, 6.07) is 11.7. The lowest BCUT2D eigenvalue weighted by atomic mass is 10.1. The van der Waals surface area contributed by atoms with Crippen LogP contribution in [-0.4, -0.2) is 37.9 Å². The van der Waals surface area contributed by atoms with Crippen LogP contribution < -0.4 is 10.1 Å². The van der Waals surface area contributed by atoms with E-state index in [9.17, 15) is 13.2 Å². The SMILES string of the molecule is CN(C)C(=N)CNCC(F)(F)c1cccc(OCc2ccccc2F)c1. The van der Waals surface area contributed by atoms with Crippen molar-refractivity contribution in [3.05, 3.63) is 65.5 Å². The molecule has 140 valence electrons. The van der Waals surface area contributed by atoms with Crippen molar-refractivity contribution in [2.45, 2.75) is 12.5 Å². The van der Waals surface area contributed by atoms with Gasteiger partial charge in [0.15, 0.2) is 0 Å². The first kappa shape index (κ1) is 19.8. The summed E-state index contributed by atoms with van der Waals surface area (Å²) in [5.41, 5.74) is 0.154. The number of amidine groups is 1. The third-order valence-electron chi connectivity index (χ3n) is 3.79. The molecule has 0 aliphatic carbocycles. The summed E-state index contributed by atoms with van der Waals surface area (Å²) in [4.78, 5) is 1.54. The highest BCUT2D eigenvalue weighted by Crippen LogP contribution is 2.30. The summed E-state index contributed by atoms with van der Waals surface area (Å²) >= 11 is 0.